The summed E-state index contributed by atoms with van der Waals surface area (Å²) in [5, 5.41) is 2.68. The van der Waals surface area contributed by atoms with Gasteiger partial charge in [0.1, 0.15) is 0 Å². The van der Waals surface area contributed by atoms with Crippen LogP contribution in [0.4, 0.5) is 0 Å². The minimum atomic E-state index is -1.90. The minimum Gasteiger partial charge on any atom is -0.593 e. The molecule has 0 radical (unpaired) electrons. The van der Waals surface area contributed by atoms with Crippen LogP contribution in [0.25, 0.3) is 10.8 Å². The molecular formula is C21H35LiO2Si2. The van der Waals surface area contributed by atoms with Gasteiger partial charge in [0, 0.05) is 0 Å². The first-order valence-corrected chi connectivity index (χ1v) is 15.0. The summed E-state index contributed by atoms with van der Waals surface area (Å²) in [4.78, 5) is 0. The van der Waals surface area contributed by atoms with E-state index in [2.05, 4.69) is 98.1 Å². The molecule has 0 atom stereocenters. The van der Waals surface area contributed by atoms with E-state index in [1.165, 1.54) is 5.39 Å². The second-order valence-electron chi connectivity index (χ2n) is 10.1. The van der Waals surface area contributed by atoms with Crippen LogP contribution < -0.4 is 27.7 Å². The zero-order valence-corrected chi connectivity index (χ0v) is 20.7. The van der Waals surface area contributed by atoms with Gasteiger partial charge in [-0.1, -0.05) is 46.9 Å². The summed E-state index contributed by atoms with van der Waals surface area (Å²) in [5.74, 6) is 1.96. The fraction of sp³-hybridized carbons (Fsp3) is 0.571. The Morgan fingerprint density at radius 1 is 0.769 bits per heavy atom. The first kappa shape index (κ1) is 23.5. The quantitative estimate of drug-likeness (QED) is 0.579. The second kappa shape index (κ2) is 7.47. The molecule has 2 aromatic carbocycles. The predicted octanol–water partition coefficient (Wildman–Crippen LogP) is 4.33. The van der Waals surface area contributed by atoms with Crippen molar-refractivity contribution in [1.82, 2.24) is 0 Å². The van der Waals surface area contributed by atoms with E-state index in [9.17, 15) is 0 Å². The topological polar surface area (TPSA) is 18.5 Å². The van der Waals surface area contributed by atoms with Crippen molar-refractivity contribution in [3.8, 4) is 11.5 Å². The summed E-state index contributed by atoms with van der Waals surface area (Å²) in [6.45, 7) is 22.8. The molecule has 0 aliphatic rings. The number of rotatable bonds is 4. The molecule has 0 aromatic heterocycles. The van der Waals surface area contributed by atoms with Crippen LogP contribution in [0, 0.1) is 0 Å². The van der Waals surface area contributed by atoms with Gasteiger partial charge < -0.3 is 8.85 Å². The van der Waals surface area contributed by atoms with Crippen LogP contribution in [-0.2, 0) is 0 Å². The van der Waals surface area contributed by atoms with Crippen molar-refractivity contribution >= 4 is 27.4 Å². The van der Waals surface area contributed by atoms with Crippen molar-refractivity contribution in [2.24, 2.45) is 0 Å². The molecule has 0 aliphatic carbocycles. The van der Waals surface area contributed by atoms with Crippen molar-refractivity contribution in [3.05, 3.63) is 30.3 Å². The molecule has 5 heteroatoms. The zero-order valence-electron chi connectivity index (χ0n) is 18.7. The number of hydrogen-bond donors (Lipinski definition) is 0. The molecule has 140 valence electrons. The molecule has 0 heterocycles. The maximum Gasteiger partial charge on any atom is 1.00 e. The molecule has 0 fully saturated rings. The van der Waals surface area contributed by atoms with Crippen molar-refractivity contribution in [2.45, 2.75) is 77.8 Å². The molecule has 0 bridgehead atoms. The SMILES string of the molecule is CC(C)(C)[Si](C)(C)Oc1cccc2[cH-]cc(O[Si](C)(C)C(C)(C)C)c12.[Li+]. The largest absolute Gasteiger partial charge is 1.00 e. The van der Waals surface area contributed by atoms with Crippen LogP contribution in [0.2, 0.25) is 36.3 Å². The Bertz CT molecular complexity index is 749. The molecule has 0 unspecified atom stereocenters. The normalized spacial score (nSPS) is 13.5. The molecule has 0 spiro atoms. The Labute approximate surface area is 174 Å². The smallest absolute Gasteiger partial charge is 0.593 e. The molecule has 2 nitrogen and oxygen atoms in total. The zero-order chi connectivity index (χ0) is 19.3. The average molecular weight is 383 g/mol. The maximum atomic E-state index is 6.65. The van der Waals surface area contributed by atoms with Crippen LogP contribution in [0.15, 0.2) is 30.3 Å². The Hall–Kier alpha value is -0.539. The van der Waals surface area contributed by atoms with E-state index < -0.39 is 16.6 Å². The van der Waals surface area contributed by atoms with E-state index in [-0.39, 0.29) is 28.9 Å². The summed E-state index contributed by atoms with van der Waals surface area (Å²) in [6.07, 6.45) is 0. The van der Waals surface area contributed by atoms with Gasteiger partial charge in [-0.25, -0.2) is 0 Å². The number of hydrogen-bond acceptors (Lipinski definition) is 2. The Morgan fingerprint density at radius 3 is 1.69 bits per heavy atom. The third-order valence-corrected chi connectivity index (χ3v) is 14.7. The number of benzene rings is 1. The van der Waals surface area contributed by atoms with E-state index in [0.717, 1.165) is 16.9 Å². The summed E-state index contributed by atoms with van der Waals surface area (Å²) in [7, 11) is -3.79. The van der Waals surface area contributed by atoms with Gasteiger partial charge in [-0.15, -0.1) is 29.7 Å². The monoisotopic (exact) mass is 382 g/mol. The van der Waals surface area contributed by atoms with Gasteiger partial charge in [0.15, 0.2) is 0 Å². The van der Waals surface area contributed by atoms with Crippen molar-refractivity contribution < 1.29 is 27.7 Å². The van der Waals surface area contributed by atoms with E-state index in [1.807, 2.05) is 0 Å². The molecule has 0 aliphatic heterocycles. The molecule has 0 saturated carbocycles. The molecule has 0 N–H and O–H groups in total. The molecule has 2 aromatic rings. The average Bonchev–Trinajstić information content (AvgIpc) is 2.79. The van der Waals surface area contributed by atoms with E-state index >= 15 is 0 Å². The van der Waals surface area contributed by atoms with Crippen LogP contribution >= 0.6 is 0 Å². The first-order chi connectivity index (χ1) is 11.2. The molecule has 0 saturated heterocycles. The van der Waals surface area contributed by atoms with Gasteiger partial charge in [0.05, 0.1) is 5.75 Å². The standard InChI is InChI=1S/C21H35O2Si2.Li/c1-20(2,3)24(7,8)22-17-13-11-12-16-14-15-18(19(16)17)23-25(9,10)21(4,5)6;/h11-15H,1-10H3;/q-1;+1. The van der Waals surface area contributed by atoms with Gasteiger partial charge in [-0.3, -0.25) is 0 Å². The van der Waals surface area contributed by atoms with Crippen LogP contribution in [0.1, 0.15) is 41.5 Å². The van der Waals surface area contributed by atoms with Crippen molar-refractivity contribution in [2.75, 3.05) is 0 Å². The summed E-state index contributed by atoms with van der Waals surface area (Å²) in [5.41, 5.74) is 0. The fourth-order valence-corrected chi connectivity index (χ4v) is 4.28. The minimum absolute atomic E-state index is 0. The molecule has 0 amide bonds. The van der Waals surface area contributed by atoms with Crippen molar-refractivity contribution in [1.29, 1.82) is 0 Å². The fourth-order valence-electron chi connectivity index (χ4n) is 2.23. The molecular weight excluding hydrogens is 347 g/mol. The Morgan fingerprint density at radius 2 is 1.23 bits per heavy atom. The molecule has 2 rings (SSSR count). The number of fused-ring (bicyclic) bond motifs is 1. The Balaban J connectivity index is 0.00000338. The van der Waals surface area contributed by atoms with Crippen LogP contribution in [0.3, 0.4) is 0 Å². The molecule has 26 heavy (non-hydrogen) atoms. The van der Waals surface area contributed by atoms with Gasteiger partial charge in [0.25, 0.3) is 0 Å². The van der Waals surface area contributed by atoms with Crippen LogP contribution in [0.5, 0.6) is 11.5 Å². The Kier molecular flexibility index (Phi) is 6.75. The van der Waals surface area contributed by atoms with Gasteiger partial charge in [-0.05, 0) is 48.1 Å². The van der Waals surface area contributed by atoms with Gasteiger partial charge in [-0.2, -0.15) is 0 Å². The second-order valence-corrected chi connectivity index (χ2v) is 19.6. The van der Waals surface area contributed by atoms with Crippen molar-refractivity contribution in [3.63, 3.8) is 0 Å². The maximum absolute atomic E-state index is 6.65. The third-order valence-electron chi connectivity index (χ3n) is 6.06. The van der Waals surface area contributed by atoms with E-state index in [0.29, 0.717) is 0 Å². The third kappa shape index (κ3) is 4.65. The predicted molar refractivity (Wildman–Crippen MR) is 115 cm³/mol. The van der Waals surface area contributed by atoms with Crippen LogP contribution in [-0.4, -0.2) is 16.6 Å². The van der Waals surface area contributed by atoms with E-state index in [1.54, 1.807) is 0 Å². The first-order valence-electron chi connectivity index (χ1n) is 9.22. The summed E-state index contributed by atoms with van der Waals surface area (Å²) < 4.78 is 13.3. The van der Waals surface area contributed by atoms with Gasteiger partial charge in [0.2, 0.25) is 16.6 Å². The van der Waals surface area contributed by atoms with Gasteiger partial charge >= 0.3 is 18.9 Å². The summed E-state index contributed by atoms with van der Waals surface area (Å²) in [6, 6.07) is 10.6. The van der Waals surface area contributed by atoms with E-state index in [4.69, 9.17) is 8.85 Å². The summed E-state index contributed by atoms with van der Waals surface area (Å²) >= 11 is 0.